The zero-order chi connectivity index (χ0) is 9.90. The number of hydrogen-bond donors (Lipinski definition) is 1. The Morgan fingerprint density at radius 1 is 1.54 bits per heavy atom. The Balaban J connectivity index is 2.51. The average molecular weight is 186 g/mol. The van der Waals surface area contributed by atoms with Gasteiger partial charge in [-0.15, -0.1) is 0 Å². The fourth-order valence-electron chi connectivity index (χ4n) is 1.75. The molecule has 0 aromatic carbocycles. The maximum Gasteiger partial charge on any atom is 0.311 e. The number of hydrogen-bond acceptors (Lipinski definition) is 3. The Morgan fingerprint density at radius 2 is 2.08 bits per heavy atom. The summed E-state index contributed by atoms with van der Waals surface area (Å²) in [5.41, 5.74) is -0.352. The average Bonchev–Trinajstić information content (AvgIpc) is 2.11. The maximum absolute atomic E-state index is 11.5. The number of rotatable bonds is 2. The topological polar surface area (TPSA) is 46.5 Å². The number of esters is 1. The Kier molecular flexibility index (Phi) is 3.31. The molecule has 0 bridgehead atoms. The molecule has 3 heteroatoms. The van der Waals surface area contributed by atoms with Gasteiger partial charge in [-0.25, -0.2) is 0 Å². The van der Waals surface area contributed by atoms with E-state index in [2.05, 4.69) is 0 Å². The smallest absolute Gasteiger partial charge is 0.311 e. The summed E-state index contributed by atoms with van der Waals surface area (Å²) in [6.07, 6.45) is 2.70. The van der Waals surface area contributed by atoms with Gasteiger partial charge >= 0.3 is 5.97 Å². The minimum atomic E-state index is -0.352. The van der Waals surface area contributed by atoms with Crippen molar-refractivity contribution in [1.29, 1.82) is 0 Å². The second-order valence-corrected chi connectivity index (χ2v) is 4.01. The second-order valence-electron chi connectivity index (χ2n) is 4.01. The van der Waals surface area contributed by atoms with Crippen molar-refractivity contribution in [2.75, 3.05) is 6.61 Å². The van der Waals surface area contributed by atoms with Crippen LogP contribution in [0.4, 0.5) is 0 Å². The van der Waals surface area contributed by atoms with Crippen LogP contribution >= 0.6 is 0 Å². The van der Waals surface area contributed by atoms with Crippen molar-refractivity contribution >= 4 is 5.97 Å². The van der Waals surface area contributed by atoms with E-state index in [0.29, 0.717) is 6.61 Å². The van der Waals surface area contributed by atoms with Gasteiger partial charge in [0, 0.05) is 0 Å². The monoisotopic (exact) mass is 186 g/mol. The Morgan fingerprint density at radius 3 is 2.54 bits per heavy atom. The van der Waals surface area contributed by atoms with Gasteiger partial charge in [0.05, 0.1) is 18.1 Å². The number of ether oxygens (including phenoxy) is 1. The molecule has 0 radical (unpaired) electrons. The SMILES string of the molecule is CCOC(=O)[C@]1(C)CC[C@H](O)CC1. The number of carbonyl (C=O) groups is 1. The Labute approximate surface area is 79.1 Å². The van der Waals surface area contributed by atoms with E-state index >= 15 is 0 Å². The fourth-order valence-corrected chi connectivity index (χ4v) is 1.75. The van der Waals surface area contributed by atoms with Crippen molar-refractivity contribution in [3.8, 4) is 0 Å². The molecule has 1 rings (SSSR count). The lowest BCUT2D eigenvalue weighted by Crippen LogP contribution is -2.35. The standard InChI is InChI=1S/C10H18O3/c1-3-13-9(12)10(2)6-4-8(11)5-7-10/h8,11H,3-7H2,1-2H3/t8-,10+. The van der Waals surface area contributed by atoms with Crippen LogP contribution in [-0.2, 0) is 9.53 Å². The number of aliphatic hydroxyl groups excluding tert-OH is 1. The first kappa shape index (κ1) is 10.5. The highest BCUT2D eigenvalue weighted by Crippen LogP contribution is 2.36. The quantitative estimate of drug-likeness (QED) is 0.665. The minimum Gasteiger partial charge on any atom is -0.466 e. The minimum absolute atomic E-state index is 0.109. The molecule has 1 fully saturated rings. The van der Waals surface area contributed by atoms with E-state index < -0.39 is 0 Å². The van der Waals surface area contributed by atoms with Gasteiger partial charge in [-0.2, -0.15) is 0 Å². The van der Waals surface area contributed by atoms with Crippen LogP contribution in [-0.4, -0.2) is 23.8 Å². The summed E-state index contributed by atoms with van der Waals surface area (Å²) in [6.45, 7) is 4.19. The molecule has 0 aromatic rings. The second kappa shape index (κ2) is 4.09. The molecule has 76 valence electrons. The predicted molar refractivity (Wildman–Crippen MR) is 49.2 cm³/mol. The van der Waals surface area contributed by atoms with Crippen molar-refractivity contribution in [3.05, 3.63) is 0 Å². The van der Waals surface area contributed by atoms with Gasteiger partial charge in [0.25, 0.3) is 0 Å². The molecule has 0 unspecified atom stereocenters. The van der Waals surface area contributed by atoms with Crippen LogP contribution in [0.15, 0.2) is 0 Å². The van der Waals surface area contributed by atoms with Gasteiger partial charge in [-0.05, 0) is 39.5 Å². The lowest BCUT2D eigenvalue weighted by molar-refractivity contribution is -0.157. The van der Waals surface area contributed by atoms with E-state index in [-0.39, 0.29) is 17.5 Å². The molecule has 1 aliphatic carbocycles. The third-order valence-electron chi connectivity index (χ3n) is 2.83. The molecule has 1 saturated carbocycles. The van der Waals surface area contributed by atoms with Crippen LogP contribution in [0.25, 0.3) is 0 Å². The molecule has 0 atom stereocenters. The normalized spacial score (nSPS) is 34.2. The fraction of sp³-hybridized carbons (Fsp3) is 0.900. The first-order valence-electron chi connectivity index (χ1n) is 4.94. The Bertz CT molecular complexity index is 181. The zero-order valence-electron chi connectivity index (χ0n) is 8.38. The van der Waals surface area contributed by atoms with Gasteiger partial charge in [-0.1, -0.05) is 0 Å². The van der Waals surface area contributed by atoms with E-state index in [1.54, 1.807) is 0 Å². The highest BCUT2D eigenvalue weighted by Gasteiger charge is 2.38. The molecule has 0 aliphatic heterocycles. The highest BCUT2D eigenvalue weighted by molar-refractivity contribution is 5.76. The molecule has 13 heavy (non-hydrogen) atoms. The number of carbonyl (C=O) groups excluding carboxylic acids is 1. The summed E-state index contributed by atoms with van der Waals surface area (Å²) in [7, 11) is 0. The van der Waals surface area contributed by atoms with Crippen molar-refractivity contribution in [1.82, 2.24) is 0 Å². The number of aliphatic hydroxyl groups is 1. The molecule has 0 spiro atoms. The van der Waals surface area contributed by atoms with E-state index in [1.807, 2.05) is 13.8 Å². The van der Waals surface area contributed by atoms with Crippen molar-refractivity contribution in [2.45, 2.75) is 45.6 Å². The summed E-state index contributed by atoms with van der Waals surface area (Å²) in [6, 6.07) is 0. The van der Waals surface area contributed by atoms with Gasteiger partial charge in [0.1, 0.15) is 0 Å². The molecule has 0 heterocycles. The summed E-state index contributed by atoms with van der Waals surface area (Å²) in [5.74, 6) is -0.109. The highest BCUT2D eigenvalue weighted by atomic mass is 16.5. The first-order valence-corrected chi connectivity index (χ1v) is 4.94. The largest absolute Gasteiger partial charge is 0.466 e. The zero-order valence-corrected chi connectivity index (χ0v) is 8.38. The lowest BCUT2D eigenvalue weighted by atomic mass is 9.75. The Hall–Kier alpha value is -0.570. The molecule has 0 saturated heterocycles. The van der Waals surface area contributed by atoms with Crippen LogP contribution < -0.4 is 0 Å². The third-order valence-corrected chi connectivity index (χ3v) is 2.83. The first-order chi connectivity index (χ1) is 6.08. The molecular weight excluding hydrogens is 168 g/mol. The van der Waals surface area contributed by atoms with Crippen LogP contribution in [0, 0.1) is 5.41 Å². The molecular formula is C10H18O3. The van der Waals surface area contributed by atoms with E-state index in [9.17, 15) is 9.90 Å². The molecule has 0 amide bonds. The van der Waals surface area contributed by atoms with Crippen LogP contribution in [0.2, 0.25) is 0 Å². The summed E-state index contributed by atoms with van der Waals surface area (Å²) < 4.78 is 5.00. The van der Waals surface area contributed by atoms with Gasteiger partial charge < -0.3 is 9.84 Å². The summed E-state index contributed by atoms with van der Waals surface area (Å²) in [5, 5.41) is 9.30. The van der Waals surface area contributed by atoms with E-state index in [0.717, 1.165) is 25.7 Å². The van der Waals surface area contributed by atoms with Gasteiger partial charge in [0.2, 0.25) is 0 Å². The molecule has 1 N–H and O–H groups in total. The molecule has 0 aromatic heterocycles. The van der Waals surface area contributed by atoms with Crippen molar-refractivity contribution in [3.63, 3.8) is 0 Å². The molecule has 3 nitrogen and oxygen atoms in total. The van der Waals surface area contributed by atoms with Gasteiger partial charge in [-0.3, -0.25) is 4.79 Å². The predicted octanol–water partition coefficient (Wildman–Crippen LogP) is 1.49. The van der Waals surface area contributed by atoms with Gasteiger partial charge in [0.15, 0.2) is 0 Å². The summed E-state index contributed by atoms with van der Waals surface area (Å²) in [4.78, 5) is 11.5. The van der Waals surface area contributed by atoms with E-state index in [4.69, 9.17) is 4.74 Å². The van der Waals surface area contributed by atoms with Crippen LogP contribution in [0.1, 0.15) is 39.5 Å². The van der Waals surface area contributed by atoms with Crippen molar-refractivity contribution in [2.24, 2.45) is 5.41 Å². The molecule has 1 aliphatic rings. The maximum atomic E-state index is 11.5. The van der Waals surface area contributed by atoms with Crippen molar-refractivity contribution < 1.29 is 14.6 Å². The van der Waals surface area contributed by atoms with Crippen LogP contribution in [0.3, 0.4) is 0 Å². The van der Waals surface area contributed by atoms with Crippen LogP contribution in [0.5, 0.6) is 0 Å². The summed E-state index contributed by atoms with van der Waals surface area (Å²) >= 11 is 0. The lowest BCUT2D eigenvalue weighted by Gasteiger charge is -2.33. The third kappa shape index (κ3) is 2.44. The van der Waals surface area contributed by atoms with E-state index in [1.165, 1.54) is 0 Å².